The molecule has 0 aliphatic rings. The largest absolute Gasteiger partial charge is 0.490 e. The molecule has 1 N–H and O–H groups in total. The first kappa shape index (κ1) is 18.1. The Hall–Kier alpha value is -2.72. The summed E-state index contributed by atoms with van der Waals surface area (Å²) in [5.74, 6) is 1.07. The number of fused-ring (bicyclic) bond motifs is 1. The maximum Gasteiger partial charge on any atom is 0.260 e. The van der Waals surface area contributed by atoms with Crippen molar-refractivity contribution in [2.45, 2.75) is 13.0 Å². The lowest BCUT2D eigenvalue weighted by molar-refractivity contribution is -0.127. The molecule has 134 valence electrons. The van der Waals surface area contributed by atoms with Gasteiger partial charge in [0.1, 0.15) is 18.1 Å². The summed E-state index contributed by atoms with van der Waals surface area (Å²) in [5.41, 5.74) is 0. The molecule has 0 saturated heterocycles. The zero-order chi connectivity index (χ0) is 18.4. The number of amides is 1. The van der Waals surface area contributed by atoms with Gasteiger partial charge in [-0.2, -0.15) is 0 Å². The second-order valence-corrected chi connectivity index (χ2v) is 6.25. The first-order valence-corrected chi connectivity index (χ1v) is 8.82. The van der Waals surface area contributed by atoms with Gasteiger partial charge in [0.25, 0.3) is 5.91 Å². The molecule has 3 aromatic carbocycles. The Morgan fingerprint density at radius 1 is 1.04 bits per heavy atom. The summed E-state index contributed by atoms with van der Waals surface area (Å²) in [6.07, 6.45) is -0.600. The summed E-state index contributed by atoms with van der Waals surface area (Å²) in [5, 5.41) is 5.55. The number of hydrogen-bond acceptors (Lipinski definition) is 3. The van der Waals surface area contributed by atoms with E-state index >= 15 is 0 Å². The number of carbonyl (C=O) groups is 1. The standard InChI is InChI=1S/C21H20ClNO3/c1-15(26-18-11-10-16-6-2-3-7-17(16)14-18)21(24)23-12-13-25-20-9-5-4-8-19(20)22/h2-11,14-15H,12-13H2,1H3,(H,23,24)/t15-/m1/s1. The van der Waals surface area contributed by atoms with E-state index in [1.54, 1.807) is 19.1 Å². The monoisotopic (exact) mass is 369 g/mol. The summed E-state index contributed by atoms with van der Waals surface area (Å²) in [7, 11) is 0. The first-order valence-electron chi connectivity index (χ1n) is 8.44. The number of nitrogens with one attached hydrogen (secondary N) is 1. The molecular formula is C21H20ClNO3. The van der Waals surface area contributed by atoms with Crippen molar-refractivity contribution in [3.8, 4) is 11.5 Å². The molecule has 3 rings (SSSR count). The summed E-state index contributed by atoms with van der Waals surface area (Å²) in [4.78, 5) is 12.2. The summed E-state index contributed by atoms with van der Waals surface area (Å²) >= 11 is 6.02. The molecule has 1 amide bonds. The van der Waals surface area contributed by atoms with E-state index in [1.807, 2.05) is 54.6 Å². The lowest BCUT2D eigenvalue weighted by atomic mass is 10.1. The highest BCUT2D eigenvalue weighted by Gasteiger charge is 2.14. The zero-order valence-corrected chi connectivity index (χ0v) is 15.2. The van der Waals surface area contributed by atoms with Gasteiger partial charge in [0.05, 0.1) is 11.6 Å². The van der Waals surface area contributed by atoms with Crippen molar-refractivity contribution < 1.29 is 14.3 Å². The van der Waals surface area contributed by atoms with Crippen LogP contribution in [0.5, 0.6) is 11.5 Å². The Labute approximate surface area is 157 Å². The number of ether oxygens (including phenoxy) is 2. The molecule has 0 aliphatic heterocycles. The third-order valence-electron chi connectivity index (χ3n) is 3.90. The van der Waals surface area contributed by atoms with Crippen LogP contribution in [0, 0.1) is 0 Å². The Morgan fingerprint density at radius 2 is 1.77 bits per heavy atom. The van der Waals surface area contributed by atoms with Crippen LogP contribution in [0.4, 0.5) is 0 Å². The van der Waals surface area contributed by atoms with Gasteiger partial charge in [-0.1, -0.05) is 54.1 Å². The Morgan fingerprint density at radius 3 is 2.58 bits per heavy atom. The predicted octanol–water partition coefficient (Wildman–Crippen LogP) is 4.46. The third-order valence-corrected chi connectivity index (χ3v) is 4.21. The summed E-state index contributed by atoms with van der Waals surface area (Å²) in [6, 6.07) is 21.0. The van der Waals surface area contributed by atoms with Crippen LogP contribution in [0.2, 0.25) is 5.02 Å². The zero-order valence-electron chi connectivity index (χ0n) is 14.4. The van der Waals surface area contributed by atoms with Crippen LogP contribution in [0.3, 0.4) is 0 Å². The lowest BCUT2D eigenvalue weighted by Gasteiger charge is -2.15. The quantitative estimate of drug-likeness (QED) is 0.626. The lowest BCUT2D eigenvalue weighted by Crippen LogP contribution is -2.38. The highest BCUT2D eigenvalue weighted by molar-refractivity contribution is 6.32. The molecule has 0 bridgehead atoms. The third kappa shape index (κ3) is 4.67. The molecular weight excluding hydrogens is 350 g/mol. The van der Waals surface area contributed by atoms with E-state index in [4.69, 9.17) is 21.1 Å². The Balaban J connectivity index is 1.47. The van der Waals surface area contributed by atoms with Gasteiger partial charge in [0.2, 0.25) is 0 Å². The highest BCUT2D eigenvalue weighted by atomic mass is 35.5. The van der Waals surface area contributed by atoms with Crippen LogP contribution in [0.1, 0.15) is 6.92 Å². The van der Waals surface area contributed by atoms with Gasteiger partial charge in [-0.25, -0.2) is 0 Å². The van der Waals surface area contributed by atoms with Gasteiger partial charge >= 0.3 is 0 Å². The van der Waals surface area contributed by atoms with Crippen molar-refractivity contribution in [1.82, 2.24) is 5.32 Å². The van der Waals surface area contributed by atoms with E-state index in [0.29, 0.717) is 29.7 Å². The predicted molar refractivity (Wildman–Crippen MR) is 104 cm³/mol. The average molecular weight is 370 g/mol. The second kappa shape index (κ2) is 8.59. The second-order valence-electron chi connectivity index (χ2n) is 5.84. The topological polar surface area (TPSA) is 47.6 Å². The minimum absolute atomic E-state index is 0.194. The molecule has 0 aromatic heterocycles. The van der Waals surface area contributed by atoms with Crippen LogP contribution in [0.15, 0.2) is 66.7 Å². The fourth-order valence-electron chi connectivity index (χ4n) is 2.54. The Kier molecular flexibility index (Phi) is 5.97. The van der Waals surface area contributed by atoms with Gasteiger partial charge in [-0.15, -0.1) is 0 Å². The summed E-state index contributed by atoms with van der Waals surface area (Å²) < 4.78 is 11.3. The number of para-hydroxylation sites is 1. The molecule has 0 spiro atoms. The van der Waals surface area contributed by atoms with E-state index in [2.05, 4.69) is 5.32 Å². The van der Waals surface area contributed by atoms with Crippen molar-refractivity contribution >= 4 is 28.3 Å². The fourth-order valence-corrected chi connectivity index (χ4v) is 2.73. The molecule has 1 atom stereocenters. The van der Waals surface area contributed by atoms with Crippen molar-refractivity contribution in [2.75, 3.05) is 13.2 Å². The van der Waals surface area contributed by atoms with Gasteiger partial charge in [0, 0.05) is 0 Å². The Bertz CT molecular complexity index is 897. The van der Waals surface area contributed by atoms with Crippen LogP contribution >= 0.6 is 11.6 Å². The SMILES string of the molecule is C[C@@H](Oc1ccc2ccccc2c1)C(=O)NCCOc1ccccc1Cl. The van der Waals surface area contributed by atoms with Gasteiger partial charge in [-0.3, -0.25) is 4.79 Å². The van der Waals surface area contributed by atoms with E-state index in [9.17, 15) is 4.79 Å². The molecule has 0 unspecified atom stereocenters. The molecule has 26 heavy (non-hydrogen) atoms. The van der Waals surface area contributed by atoms with E-state index in [1.165, 1.54) is 0 Å². The minimum atomic E-state index is -0.600. The average Bonchev–Trinajstić information content (AvgIpc) is 2.66. The maximum atomic E-state index is 12.2. The smallest absolute Gasteiger partial charge is 0.260 e. The van der Waals surface area contributed by atoms with Crippen molar-refractivity contribution in [3.05, 3.63) is 71.8 Å². The van der Waals surface area contributed by atoms with Crippen LogP contribution in [0.25, 0.3) is 10.8 Å². The maximum absolute atomic E-state index is 12.2. The molecule has 0 saturated carbocycles. The van der Waals surface area contributed by atoms with Crippen LogP contribution < -0.4 is 14.8 Å². The number of benzene rings is 3. The highest BCUT2D eigenvalue weighted by Crippen LogP contribution is 2.23. The fraction of sp³-hybridized carbons (Fsp3) is 0.190. The van der Waals surface area contributed by atoms with Crippen LogP contribution in [-0.2, 0) is 4.79 Å². The molecule has 4 nitrogen and oxygen atoms in total. The summed E-state index contributed by atoms with van der Waals surface area (Å²) in [6.45, 7) is 2.42. The van der Waals surface area contributed by atoms with Crippen molar-refractivity contribution in [2.24, 2.45) is 0 Å². The van der Waals surface area contributed by atoms with Gasteiger partial charge in [0.15, 0.2) is 6.10 Å². The van der Waals surface area contributed by atoms with Gasteiger partial charge < -0.3 is 14.8 Å². The molecule has 5 heteroatoms. The van der Waals surface area contributed by atoms with Gasteiger partial charge in [-0.05, 0) is 42.0 Å². The van der Waals surface area contributed by atoms with E-state index < -0.39 is 6.10 Å². The molecule has 0 fully saturated rings. The van der Waals surface area contributed by atoms with E-state index in [-0.39, 0.29) is 5.91 Å². The molecule has 0 aliphatic carbocycles. The first-order chi connectivity index (χ1) is 12.6. The van der Waals surface area contributed by atoms with E-state index in [0.717, 1.165) is 10.8 Å². The number of carbonyl (C=O) groups excluding carboxylic acids is 1. The van der Waals surface area contributed by atoms with Crippen molar-refractivity contribution in [3.63, 3.8) is 0 Å². The number of rotatable bonds is 7. The number of hydrogen-bond donors (Lipinski definition) is 1. The molecule has 0 heterocycles. The molecule has 0 radical (unpaired) electrons. The molecule has 3 aromatic rings. The minimum Gasteiger partial charge on any atom is -0.490 e. The normalized spacial score (nSPS) is 11.8. The number of halogens is 1. The van der Waals surface area contributed by atoms with Crippen molar-refractivity contribution in [1.29, 1.82) is 0 Å². The van der Waals surface area contributed by atoms with Crippen LogP contribution in [-0.4, -0.2) is 25.2 Å².